The molecule has 0 saturated heterocycles. The Morgan fingerprint density at radius 1 is 0.966 bits per heavy atom. The lowest BCUT2D eigenvalue weighted by Gasteiger charge is -2.25. The van der Waals surface area contributed by atoms with Crippen LogP contribution >= 0.6 is 0 Å². The first kappa shape index (κ1) is 20.4. The van der Waals surface area contributed by atoms with Gasteiger partial charge in [-0.1, -0.05) is 17.7 Å². The van der Waals surface area contributed by atoms with Gasteiger partial charge in [-0.2, -0.15) is 0 Å². The van der Waals surface area contributed by atoms with Crippen LogP contribution in [0.5, 0.6) is 0 Å². The van der Waals surface area contributed by atoms with Gasteiger partial charge in [0.25, 0.3) is 5.91 Å². The molecule has 3 rings (SSSR count). The van der Waals surface area contributed by atoms with Gasteiger partial charge in [-0.15, -0.1) is 0 Å². The third-order valence-electron chi connectivity index (χ3n) is 5.24. The molecule has 152 valence electrons. The zero-order chi connectivity index (χ0) is 21.3. The molecule has 2 aromatic carbocycles. The maximum Gasteiger partial charge on any atom is 0.316 e. The predicted octanol–water partition coefficient (Wildman–Crippen LogP) is 2.64. The second-order valence-electron chi connectivity index (χ2n) is 7.08. The topological polar surface area (TPSA) is 76.3 Å². The molecule has 0 aliphatic rings. The number of aryl methyl sites for hydroxylation is 3. The number of rotatable bonds is 5. The van der Waals surface area contributed by atoms with E-state index in [0.717, 1.165) is 24.3 Å². The average Bonchev–Trinajstić information content (AvgIpc) is 2.72. The molecule has 0 radical (unpaired) electrons. The molecule has 0 unspecified atom stereocenters. The van der Waals surface area contributed by atoms with Crippen LogP contribution in [0.1, 0.15) is 29.8 Å². The van der Waals surface area contributed by atoms with Crippen LogP contribution in [-0.2, 0) is 14.1 Å². The summed E-state index contributed by atoms with van der Waals surface area (Å²) in [5.41, 5.74) is 2.98. The van der Waals surface area contributed by atoms with E-state index in [-0.39, 0.29) is 5.91 Å². The summed E-state index contributed by atoms with van der Waals surface area (Å²) >= 11 is 0. The van der Waals surface area contributed by atoms with Crippen molar-refractivity contribution in [1.82, 2.24) is 9.13 Å². The van der Waals surface area contributed by atoms with Crippen molar-refractivity contribution in [1.29, 1.82) is 0 Å². The van der Waals surface area contributed by atoms with E-state index in [1.165, 1.54) is 9.13 Å². The second-order valence-corrected chi connectivity index (χ2v) is 7.08. The van der Waals surface area contributed by atoms with Gasteiger partial charge >= 0.3 is 11.1 Å². The SMILES string of the molecule is CCN(CC)c1cc2c(cc1NC(=O)c1cccc(C)c1)n(C)c(=O)c(=O)n2C. The number of benzene rings is 2. The average molecular weight is 394 g/mol. The molecule has 0 saturated carbocycles. The van der Waals surface area contributed by atoms with E-state index >= 15 is 0 Å². The highest BCUT2D eigenvalue weighted by atomic mass is 16.2. The molecule has 0 aliphatic carbocycles. The number of carbonyl (C=O) groups is 1. The van der Waals surface area contributed by atoms with Gasteiger partial charge < -0.3 is 19.4 Å². The van der Waals surface area contributed by atoms with Gasteiger partial charge in [0.15, 0.2) is 0 Å². The molecule has 7 nitrogen and oxygen atoms in total. The molecule has 0 aliphatic heterocycles. The summed E-state index contributed by atoms with van der Waals surface area (Å²) in [6, 6.07) is 11.0. The monoisotopic (exact) mass is 394 g/mol. The number of hydrogen-bond acceptors (Lipinski definition) is 4. The van der Waals surface area contributed by atoms with Crippen LogP contribution in [0.2, 0.25) is 0 Å². The Morgan fingerprint density at radius 2 is 1.55 bits per heavy atom. The first-order chi connectivity index (χ1) is 13.8. The van der Waals surface area contributed by atoms with Crippen molar-refractivity contribution in [3.05, 3.63) is 68.2 Å². The van der Waals surface area contributed by atoms with Crippen molar-refractivity contribution in [2.75, 3.05) is 23.3 Å². The van der Waals surface area contributed by atoms with Gasteiger partial charge in [0.2, 0.25) is 0 Å². The van der Waals surface area contributed by atoms with Gasteiger partial charge in [-0.25, -0.2) is 0 Å². The normalized spacial score (nSPS) is 10.9. The Labute approximate surface area is 169 Å². The zero-order valence-electron chi connectivity index (χ0n) is 17.4. The molecule has 0 atom stereocenters. The second kappa shape index (κ2) is 7.95. The number of amides is 1. The Bertz CT molecular complexity index is 1200. The first-order valence-corrected chi connectivity index (χ1v) is 9.65. The molecular weight excluding hydrogens is 368 g/mol. The number of nitrogens with one attached hydrogen (secondary N) is 1. The lowest BCUT2D eigenvalue weighted by molar-refractivity contribution is 0.102. The molecule has 1 heterocycles. The molecule has 7 heteroatoms. The number of anilines is 2. The predicted molar refractivity (Wildman–Crippen MR) is 117 cm³/mol. The fourth-order valence-corrected chi connectivity index (χ4v) is 3.52. The van der Waals surface area contributed by atoms with E-state index < -0.39 is 11.1 Å². The van der Waals surface area contributed by atoms with E-state index in [1.807, 2.05) is 45.0 Å². The van der Waals surface area contributed by atoms with Crippen LogP contribution in [0, 0.1) is 6.92 Å². The van der Waals surface area contributed by atoms with E-state index in [2.05, 4.69) is 10.2 Å². The standard InChI is InChI=1S/C22H26N4O3/c1-6-26(7-2)17-13-19-18(24(4)21(28)22(29)25(19)5)12-16(17)23-20(27)15-10-8-9-14(3)11-15/h8-13H,6-7H2,1-5H3,(H,23,27). The van der Waals surface area contributed by atoms with Crippen LogP contribution in [0.25, 0.3) is 11.0 Å². The lowest BCUT2D eigenvalue weighted by Crippen LogP contribution is -2.39. The van der Waals surface area contributed by atoms with Gasteiger partial charge in [0.1, 0.15) is 0 Å². The van der Waals surface area contributed by atoms with E-state index in [1.54, 1.807) is 26.2 Å². The quantitative estimate of drug-likeness (QED) is 0.675. The summed E-state index contributed by atoms with van der Waals surface area (Å²) in [4.78, 5) is 39.5. The van der Waals surface area contributed by atoms with Crippen molar-refractivity contribution in [3.8, 4) is 0 Å². The van der Waals surface area contributed by atoms with Gasteiger partial charge in [-0.3, -0.25) is 14.4 Å². The van der Waals surface area contributed by atoms with Crippen LogP contribution in [-0.4, -0.2) is 28.1 Å². The van der Waals surface area contributed by atoms with Gasteiger partial charge in [0.05, 0.1) is 22.4 Å². The smallest absolute Gasteiger partial charge is 0.316 e. The molecule has 1 aromatic heterocycles. The summed E-state index contributed by atoms with van der Waals surface area (Å²) in [5.74, 6) is -0.226. The van der Waals surface area contributed by atoms with Crippen molar-refractivity contribution >= 4 is 28.3 Å². The number of nitrogens with zero attached hydrogens (tertiary/aromatic N) is 3. The highest BCUT2D eigenvalue weighted by Crippen LogP contribution is 2.31. The number of aromatic nitrogens is 2. The van der Waals surface area contributed by atoms with Crippen LogP contribution in [0.4, 0.5) is 11.4 Å². The summed E-state index contributed by atoms with van der Waals surface area (Å²) in [5, 5.41) is 2.99. The first-order valence-electron chi connectivity index (χ1n) is 9.65. The van der Waals surface area contributed by atoms with Crippen molar-refractivity contribution in [3.63, 3.8) is 0 Å². The Kier molecular flexibility index (Phi) is 5.59. The van der Waals surface area contributed by atoms with E-state index in [9.17, 15) is 14.4 Å². The van der Waals surface area contributed by atoms with Gasteiger partial charge in [0, 0.05) is 32.7 Å². The molecule has 3 aromatic rings. The fraction of sp³-hybridized carbons (Fsp3) is 0.318. The maximum atomic E-state index is 12.9. The summed E-state index contributed by atoms with van der Waals surface area (Å²) in [7, 11) is 3.15. The zero-order valence-corrected chi connectivity index (χ0v) is 17.4. The van der Waals surface area contributed by atoms with Crippen molar-refractivity contribution < 1.29 is 4.79 Å². The highest BCUT2D eigenvalue weighted by Gasteiger charge is 2.17. The fourth-order valence-electron chi connectivity index (χ4n) is 3.52. The minimum atomic E-state index is -0.605. The molecular formula is C22H26N4O3. The van der Waals surface area contributed by atoms with E-state index in [4.69, 9.17) is 0 Å². The van der Waals surface area contributed by atoms with Crippen molar-refractivity contribution in [2.45, 2.75) is 20.8 Å². The summed E-state index contributed by atoms with van der Waals surface area (Å²) < 4.78 is 2.68. The molecule has 1 N–H and O–H groups in total. The Balaban J connectivity index is 2.23. The summed E-state index contributed by atoms with van der Waals surface area (Å²) in [6.07, 6.45) is 0. The van der Waals surface area contributed by atoms with Crippen LogP contribution in [0.15, 0.2) is 46.0 Å². The molecule has 29 heavy (non-hydrogen) atoms. The van der Waals surface area contributed by atoms with E-state index in [0.29, 0.717) is 22.3 Å². The Hall–Kier alpha value is -3.35. The minimum absolute atomic E-state index is 0.226. The highest BCUT2D eigenvalue weighted by molar-refractivity contribution is 6.07. The lowest BCUT2D eigenvalue weighted by atomic mass is 10.1. The molecule has 0 spiro atoms. The third-order valence-corrected chi connectivity index (χ3v) is 5.24. The van der Waals surface area contributed by atoms with Gasteiger partial charge in [-0.05, 0) is 45.0 Å². The largest absolute Gasteiger partial charge is 0.370 e. The maximum absolute atomic E-state index is 12.9. The number of carbonyl (C=O) groups excluding carboxylic acids is 1. The van der Waals surface area contributed by atoms with Crippen LogP contribution < -0.4 is 21.3 Å². The third kappa shape index (κ3) is 3.68. The minimum Gasteiger partial charge on any atom is -0.370 e. The summed E-state index contributed by atoms with van der Waals surface area (Å²) in [6.45, 7) is 7.45. The number of hydrogen-bond donors (Lipinski definition) is 1. The Morgan fingerprint density at radius 3 is 2.10 bits per heavy atom. The number of fused-ring (bicyclic) bond motifs is 1. The van der Waals surface area contributed by atoms with Crippen LogP contribution in [0.3, 0.4) is 0 Å². The molecule has 0 bridgehead atoms. The van der Waals surface area contributed by atoms with Crippen molar-refractivity contribution in [2.24, 2.45) is 14.1 Å². The molecule has 1 amide bonds. The molecule has 0 fully saturated rings.